The predicted molar refractivity (Wildman–Crippen MR) is 66.7 cm³/mol. The van der Waals surface area contributed by atoms with Crippen molar-refractivity contribution >= 4 is 21.9 Å². The third-order valence-corrected chi connectivity index (χ3v) is 2.66. The predicted octanol–water partition coefficient (Wildman–Crippen LogP) is 3.41. The molecule has 2 aromatic rings. The van der Waals surface area contributed by atoms with Gasteiger partial charge in [-0.25, -0.2) is 4.79 Å². The monoisotopic (exact) mass is 311 g/mol. The number of benzene rings is 1. The van der Waals surface area contributed by atoms with Crippen LogP contribution in [0.15, 0.2) is 39.4 Å². The number of ether oxygens (including phenoxy) is 2. The summed E-state index contributed by atoms with van der Waals surface area (Å²) in [5, 5.41) is 0. The van der Waals surface area contributed by atoms with Gasteiger partial charge < -0.3 is 13.9 Å². The smallest absolute Gasteiger partial charge is 0.399 e. The average molecular weight is 312 g/mol. The summed E-state index contributed by atoms with van der Waals surface area (Å²) >= 11 is 3.33. The van der Waals surface area contributed by atoms with Gasteiger partial charge in [0.2, 0.25) is 0 Å². The van der Waals surface area contributed by atoms with Crippen molar-refractivity contribution in [1.29, 1.82) is 0 Å². The van der Waals surface area contributed by atoms with Crippen LogP contribution < -0.4 is 4.74 Å². The van der Waals surface area contributed by atoms with Crippen LogP contribution in [0.1, 0.15) is 17.4 Å². The SMILES string of the molecule is CCOC(=O)c1coc(Oc2ccccc2Br)n1. The fraction of sp³-hybridized carbons (Fsp3) is 0.167. The summed E-state index contributed by atoms with van der Waals surface area (Å²) < 4.78 is 16.0. The van der Waals surface area contributed by atoms with Crippen LogP contribution in [0, 0.1) is 0 Å². The third-order valence-electron chi connectivity index (χ3n) is 2.00. The Bertz CT molecular complexity index is 553. The molecule has 0 aliphatic carbocycles. The molecule has 94 valence electrons. The van der Waals surface area contributed by atoms with Crippen molar-refractivity contribution < 1.29 is 18.7 Å². The highest BCUT2D eigenvalue weighted by atomic mass is 79.9. The van der Waals surface area contributed by atoms with Gasteiger partial charge >= 0.3 is 12.0 Å². The largest absolute Gasteiger partial charge is 0.461 e. The van der Waals surface area contributed by atoms with Crippen molar-refractivity contribution in [1.82, 2.24) is 4.98 Å². The van der Waals surface area contributed by atoms with E-state index >= 15 is 0 Å². The zero-order valence-electron chi connectivity index (χ0n) is 9.55. The Morgan fingerprint density at radius 1 is 1.44 bits per heavy atom. The molecule has 2 rings (SSSR count). The van der Waals surface area contributed by atoms with Crippen LogP contribution in [0.2, 0.25) is 0 Å². The number of oxazole rings is 1. The number of esters is 1. The van der Waals surface area contributed by atoms with E-state index in [0.717, 1.165) is 4.47 Å². The van der Waals surface area contributed by atoms with Crippen LogP contribution in [-0.2, 0) is 4.74 Å². The Kier molecular flexibility index (Phi) is 3.99. The van der Waals surface area contributed by atoms with E-state index in [2.05, 4.69) is 20.9 Å². The quantitative estimate of drug-likeness (QED) is 0.810. The number of aromatic nitrogens is 1. The number of nitrogens with zero attached hydrogens (tertiary/aromatic N) is 1. The maximum absolute atomic E-state index is 11.4. The fourth-order valence-electron chi connectivity index (χ4n) is 1.22. The molecule has 1 aromatic carbocycles. The second-order valence-electron chi connectivity index (χ2n) is 3.25. The molecule has 0 saturated carbocycles. The van der Waals surface area contributed by atoms with Crippen LogP contribution >= 0.6 is 15.9 Å². The number of hydrogen-bond donors (Lipinski definition) is 0. The highest BCUT2D eigenvalue weighted by molar-refractivity contribution is 9.10. The minimum Gasteiger partial charge on any atom is -0.461 e. The first kappa shape index (κ1) is 12.6. The van der Waals surface area contributed by atoms with E-state index in [1.165, 1.54) is 6.26 Å². The van der Waals surface area contributed by atoms with Gasteiger partial charge in [-0.05, 0) is 35.0 Å². The number of carbonyl (C=O) groups excluding carboxylic acids is 1. The van der Waals surface area contributed by atoms with E-state index in [9.17, 15) is 4.79 Å². The van der Waals surface area contributed by atoms with Gasteiger partial charge in [-0.15, -0.1) is 0 Å². The average Bonchev–Trinajstić information content (AvgIpc) is 2.81. The standard InChI is InChI=1S/C12H10BrNO4/c1-2-16-11(15)9-7-17-12(14-9)18-10-6-4-3-5-8(10)13/h3-7H,2H2,1H3. The first-order valence-electron chi connectivity index (χ1n) is 5.25. The van der Waals surface area contributed by atoms with E-state index in [0.29, 0.717) is 5.75 Å². The van der Waals surface area contributed by atoms with Crippen LogP contribution in [0.3, 0.4) is 0 Å². The van der Waals surface area contributed by atoms with Crippen LogP contribution in [0.25, 0.3) is 0 Å². The molecule has 0 N–H and O–H groups in total. The van der Waals surface area contributed by atoms with E-state index in [1.54, 1.807) is 13.0 Å². The lowest BCUT2D eigenvalue weighted by molar-refractivity contribution is 0.0519. The van der Waals surface area contributed by atoms with Crippen molar-refractivity contribution in [3.63, 3.8) is 0 Å². The number of para-hydroxylation sites is 1. The molecule has 0 aliphatic heterocycles. The zero-order valence-corrected chi connectivity index (χ0v) is 11.1. The lowest BCUT2D eigenvalue weighted by Gasteiger charge is -2.01. The molecule has 1 aromatic heterocycles. The Labute approximate surface area is 112 Å². The maximum Gasteiger partial charge on any atom is 0.399 e. The topological polar surface area (TPSA) is 61.6 Å². The Morgan fingerprint density at radius 3 is 2.94 bits per heavy atom. The van der Waals surface area contributed by atoms with Gasteiger partial charge in [-0.1, -0.05) is 12.1 Å². The van der Waals surface area contributed by atoms with E-state index in [4.69, 9.17) is 13.9 Å². The fourth-order valence-corrected chi connectivity index (χ4v) is 1.59. The number of carbonyl (C=O) groups is 1. The van der Waals surface area contributed by atoms with Gasteiger partial charge in [0.25, 0.3) is 0 Å². The first-order chi connectivity index (χ1) is 8.70. The molecule has 0 spiro atoms. The van der Waals surface area contributed by atoms with Crippen molar-refractivity contribution in [2.75, 3.05) is 6.61 Å². The molecule has 0 fully saturated rings. The molecule has 0 amide bonds. The molecule has 0 unspecified atom stereocenters. The molecule has 0 aliphatic rings. The molecule has 0 bridgehead atoms. The zero-order chi connectivity index (χ0) is 13.0. The number of rotatable bonds is 4. The van der Waals surface area contributed by atoms with E-state index in [1.807, 2.05) is 18.2 Å². The number of hydrogen-bond acceptors (Lipinski definition) is 5. The minimum absolute atomic E-state index is 0.00930. The molecule has 1 heterocycles. The maximum atomic E-state index is 11.4. The number of halogens is 1. The van der Waals surface area contributed by atoms with Crippen molar-refractivity contribution in [2.45, 2.75) is 6.92 Å². The lowest BCUT2D eigenvalue weighted by atomic mass is 10.3. The summed E-state index contributed by atoms with van der Waals surface area (Å²) in [6.07, 6.45) is 1.19. The van der Waals surface area contributed by atoms with E-state index in [-0.39, 0.29) is 18.4 Å². The minimum atomic E-state index is -0.539. The van der Waals surface area contributed by atoms with Crippen LogP contribution in [0.4, 0.5) is 0 Å². The van der Waals surface area contributed by atoms with Crippen LogP contribution in [0.5, 0.6) is 11.8 Å². The molecular formula is C12H10BrNO4. The summed E-state index contributed by atoms with van der Waals surface area (Å²) in [7, 11) is 0. The molecule has 0 saturated heterocycles. The third kappa shape index (κ3) is 2.89. The second-order valence-corrected chi connectivity index (χ2v) is 4.11. The normalized spacial score (nSPS) is 10.1. The lowest BCUT2D eigenvalue weighted by Crippen LogP contribution is -2.04. The van der Waals surface area contributed by atoms with Crippen molar-refractivity contribution in [3.8, 4) is 11.8 Å². The summed E-state index contributed by atoms with van der Waals surface area (Å²) in [6.45, 7) is 2.00. The van der Waals surface area contributed by atoms with Gasteiger partial charge in [0.15, 0.2) is 5.69 Å². The summed E-state index contributed by atoms with van der Waals surface area (Å²) in [6, 6.07) is 7.24. The highest BCUT2D eigenvalue weighted by Crippen LogP contribution is 2.28. The van der Waals surface area contributed by atoms with Crippen molar-refractivity contribution in [3.05, 3.63) is 40.7 Å². The molecule has 6 heteroatoms. The van der Waals surface area contributed by atoms with Crippen molar-refractivity contribution in [2.24, 2.45) is 0 Å². The Hall–Kier alpha value is -1.82. The molecule has 0 radical (unpaired) electrons. The summed E-state index contributed by atoms with van der Waals surface area (Å²) in [4.78, 5) is 15.2. The second kappa shape index (κ2) is 5.68. The summed E-state index contributed by atoms with van der Waals surface area (Å²) in [5.41, 5.74) is 0.0823. The van der Waals surface area contributed by atoms with E-state index < -0.39 is 5.97 Å². The van der Waals surface area contributed by atoms with Gasteiger partial charge in [-0.3, -0.25) is 0 Å². The highest BCUT2D eigenvalue weighted by Gasteiger charge is 2.15. The Balaban J connectivity index is 2.12. The Morgan fingerprint density at radius 2 is 2.22 bits per heavy atom. The van der Waals surface area contributed by atoms with Gasteiger partial charge in [0, 0.05) is 0 Å². The van der Waals surface area contributed by atoms with Gasteiger partial charge in [0.05, 0.1) is 11.1 Å². The molecular weight excluding hydrogens is 302 g/mol. The first-order valence-corrected chi connectivity index (χ1v) is 6.05. The summed E-state index contributed by atoms with van der Waals surface area (Å²) in [5.74, 6) is 0.0120. The molecule has 0 atom stereocenters. The molecule has 18 heavy (non-hydrogen) atoms. The van der Waals surface area contributed by atoms with Gasteiger partial charge in [0.1, 0.15) is 12.0 Å². The molecule has 5 nitrogen and oxygen atoms in total. The van der Waals surface area contributed by atoms with Gasteiger partial charge in [-0.2, -0.15) is 4.98 Å². The van der Waals surface area contributed by atoms with Crippen LogP contribution in [-0.4, -0.2) is 17.6 Å².